The maximum atomic E-state index is 11.1. The molecule has 1 N–H and O–H groups in total. The van der Waals surface area contributed by atoms with Gasteiger partial charge in [0, 0.05) is 23.8 Å². The van der Waals surface area contributed by atoms with E-state index >= 15 is 0 Å². The number of thiazole rings is 1. The van der Waals surface area contributed by atoms with Gasteiger partial charge in [-0.1, -0.05) is 43.3 Å². The van der Waals surface area contributed by atoms with Crippen LogP contribution in [0.2, 0.25) is 0 Å². The number of aliphatic hydroxyl groups is 1. The minimum Gasteiger partial charge on any atom is -0.489 e. The lowest BCUT2D eigenvalue weighted by molar-refractivity contribution is 0.0712. The molecule has 0 saturated heterocycles. The number of ether oxygens (including phenoxy) is 1. The van der Waals surface area contributed by atoms with Gasteiger partial charge in [0.1, 0.15) is 17.4 Å². The molecule has 4 nitrogen and oxygen atoms in total. The van der Waals surface area contributed by atoms with Crippen LogP contribution in [0, 0.1) is 0 Å². The van der Waals surface area contributed by atoms with Crippen molar-refractivity contribution in [2.75, 3.05) is 0 Å². The molecule has 0 aliphatic heterocycles. The highest BCUT2D eigenvalue weighted by molar-refractivity contribution is 7.09. The first-order valence-electron chi connectivity index (χ1n) is 8.88. The predicted molar refractivity (Wildman–Crippen MR) is 108 cm³/mol. The van der Waals surface area contributed by atoms with Gasteiger partial charge in [-0.2, -0.15) is 0 Å². The van der Waals surface area contributed by atoms with E-state index in [1.165, 1.54) is 22.1 Å². The molecule has 0 amide bonds. The van der Waals surface area contributed by atoms with Gasteiger partial charge in [-0.25, -0.2) is 4.98 Å². The molecular weight excluding hydrogens is 356 g/mol. The average Bonchev–Trinajstić information content (AvgIpc) is 3.27. The Bertz CT molecular complexity index is 1050. The SMILES string of the molecule is CCC(O)(c1cc(OCc2ccc3ccccc3c2)ccn1)c1nccs1. The number of fused-ring (bicyclic) bond motifs is 1. The van der Waals surface area contributed by atoms with Crippen LogP contribution in [-0.4, -0.2) is 15.1 Å². The largest absolute Gasteiger partial charge is 0.489 e. The fourth-order valence-electron chi connectivity index (χ4n) is 3.09. The molecule has 0 bridgehead atoms. The summed E-state index contributed by atoms with van der Waals surface area (Å²) < 4.78 is 5.97. The Labute approximate surface area is 162 Å². The van der Waals surface area contributed by atoms with E-state index in [-0.39, 0.29) is 0 Å². The predicted octanol–water partition coefficient (Wildman–Crippen LogP) is 4.92. The summed E-state index contributed by atoms with van der Waals surface area (Å²) in [6, 6.07) is 18.2. The van der Waals surface area contributed by atoms with Crippen LogP contribution in [0.15, 0.2) is 72.4 Å². The summed E-state index contributed by atoms with van der Waals surface area (Å²) in [5.41, 5.74) is 0.449. The highest BCUT2D eigenvalue weighted by atomic mass is 32.1. The second-order valence-electron chi connectivity index (χ2n) is 6.40. The molecule has 0 aliphatic carbocycles. The summed E-state index contributed by atoms with van der Waals surface area (Å²) in [5.74, 6) is 0.677. The van der Waals surface area contributed by atoms with E-state index in [9.17, 15) is 5.11 Å². The summed E-state index contributed by atoms with van der Waals surface area (Å²) in [5, 5.41) is 16.0. The number of benzene rings is 2. The van der Waals surface area contributed by atoms with Crippen molar-refractivity contribution in [2.24, 2.45) is 0 Å². The molecule has 5 heteroatoms. The van der Waals surface area contributed by atoms with E-state index in [1.807, 2.05) is 30.5 Å². The molecule has 136 valence electrons. The second-order valence-corrected chi connectivity index (χ2v) is 7.29. The number of aromatic nitrogens is 2. The molecule has 0 radical (unpaired) electrons. The van der Waals surface area contributed by atoms with Crippen molar-refractivity contribution in [3.63, 3.8) is 0 Å². The first-order valence-corrected chi connectivity index (χ1v) is 9.76. The zero-order valence-corrected chi connectivity index (χ0v) is 15.8. The van der Waals surface area contributed by atoms with Crippen molar-refractivity contribution in [3.8, 4) is 5.75 Å². The zero-order chi connectivity index (χ0) is 18.7. The molecule has 2 aromatic carbocycles. The lowest BCUT2D eigenvalue weighted by Gasteiger charge is -2.24. The average molecular weight is 376 g/mol. The molecule has 2 aromatic heterocycles. The monoisotopic (exact) mass is 376 g/mol. The van der Waals surface area contributed by atoms with Gasteiger partial charge in [-0.3, -0.25) is 4.98 Å². The van der Waals surface area contributed by atoms with Crippen LogP contribution >= 0.6 is 11.3 Å². The Hall–Kier alpha value is -2.76. The Morgan fingerprint density at radius 1 is 1.00 bits per heavy atom. The second kappa shape index (κ2) is 7.47. The quantitative estimate of drug-likeness (QED) is 0.519. The number of pyridine rings is 1. The van der Waals surface area contributed by atoms with Crippen molar-refractivity contribution in [1.29, 1.82) is 0 Å². The van der Waals surface area contributed by atoms with Gasteiger partial charge in [0.2, 0.25) is 0 Å². The molecule has 1 unspecified atom stereocenters. The third-order valence-electron chi connectivity index (χ3n) is 4.67. The first kappa shape index (κ1) is 17.6. The van der Waals surface area contributed by atoms with Crippen LogP contribution in [0.4, 0.5) is 0 Å². The van der Waals surface area contributed by atoms with Gasteiger partial charge in [-0.15, -0.1) is 11.3 Å². The number of rotatable bonds is 6. The number of hydrogen-bond donors (Lipinski definition) is 1. The smallest absolute Gasteiger partial charge is 0.157 e. The zero-order valence-electron chi connectivity index (χ0n) is 15.0. The Kier molecular flexibility index (Phi) is 4.88. The summed E-state index contributed by atoms with van der Waals surface area (Å²) in [6.07, 6.45) is 3.85. The third kappa shape index (κ3) is 3.56. The molecule has 0 aliphatic rings. The van der Waals surface area contributed by atoms with Crippen molar-refractivity contribution in [3.05, 3.63) is 88.6 Å². The fourth-order valence-corrected chi connectivity index (χ4v) is 3.91. The van der Waals surface area contributed by atoms with Crippen molar-refractivity contribution in [1.82, 2.24) is 9.97 Å². The van der Waals surface area contributed by atoms with E-state index in [4.69, 9.17) is 4.74 Å². The van der Waals surface area contributed by atoms with Gasteiger partial charge in [0.05, 0.1) is 5.69 Å². The lowest BCUT2D eigenvalue weighted by Crippen LogP contribution is -2.27. The highest BCUT2D eigenvalue weighted by Crippen LogP contribution is 2.34. The van der Waals surface area contributed by atoms with Gasteiger partial charge >= 0.3 is 0 Å². The standard InChI is InChI=1S/C22H20N2O2S/c1-2-22(25,21-24-11-12-27-21)20-14-19(9-10-23-20)26-15-16-7-8-17-5-3-4-6-18(17)13-16/h3-14,25H,2,15H2,1H3. The Balaban J connectivity index is 1.55. The highest BCUT2D eigenvalue weighted by Gasteiger charge is 2.34. The molecule has 0 spiro atoms. The van der Waals surface area contributed by atoms with Crippen LogP contribution in [-0.2, 0) is 12.2 Å². The fraction of sp³-hybridized carbons (Fsp3) is 0.182. The Morgan fingerprint density at radius 2 is 1.85 bits per heavy atom. The van der Waals surface area contributed by atoms with Gasteiger partial charge in [0.25, 0.3) is 0 Å². The molecule has 0 fully saturated rings. The van der Waals surface area contributed by atoms with Gasteiger partial charge < -0.3 is 9.84 Å². The molecule has 4 aromatic rings. The third-order valence-corrected chi connectivity index (χ3v) is 5.60. The molecule has 4 rings (SSSR count). The molecular formula is C22H20N2O2S. The molecule has 27 heavy (non-hydrogen) atoms. The van der Waals surface area contributed by atoms with Crippen molar-refractivity contribution >= 4 is 22.1 Å². The van der Waals surface area contributed by atoms with Crippen molar-refractivity contribution in [2.45, 2.75) is 25.6 Å². The van der Waals surface area contributed by atoms with E-state index in [2.05, 4.69) is 40.3 Å². The van der Waals surface area contributed by atoms with E-state index < -0.39 is 5.60 Å². The first-order chi connectivity index (χ1) is 13.2. The van der Waals surface area contributed by atoms with Crippen LogP contribution < -0.4 is 4.74 Å². The van der Waals surface area contributed by atoms with E-state index in [0.29, 0.717) is 29.5 Å². The van der Waals surface area contributed by atoms with Crippen LogP contribution in [0.3, 0.4) is 0 Å². The number of hydrogen-bond acceptors (Lipinski definition) is 5. The summed E-state index contributed by atoms with van der Waals surface area (Å²) in [7, 11) is 0. The minimum atomic E-state index is -1.20. The summed E-state index contributed by atoms with van der Waals surface area (Å²) in [4.78, 5) is 8.65. The topological polar surface area (TPSA) is 55.2 Å². The molecule has 2 heterocycles. The van der Waals surface area contributed by atoms with E-state index in [0.717, 1.165) is 5.56 Å². The molecule has 1 atom stereocenters. The van der Waals surface area contributed by atoms with Crippen molar-refractivity contribution < 1.29 is 9.84 Å². The maximum Gasteiger partial charge on any atom is 0.157 e. The van der Waals surface area contributed by atoms with E-state index in [1.54, 1.807) is 18.5 Å². The van der Waals surface area contributed by atoms with Gasteiger partial charge in [0.15, 0.2) is 5.60 Å². The molecule has 0 saturated carbocycles. The normalized spacial score (nSPS) is 13.4. The minimum absolute atomic E-state index is 0.454. The lowest BCUT2D eigenvalue weighted by atomic mass is 9.96. The van der Waals surface area contributed by atoms with Crippen LogP contribution in [0.5, 0.6) is 5.75 Å². The van der Waals surface area contributed by atoms with Crippen LogP contribution in [0.1, 0.15) is 29.6 Å². The maximum absolute atomic E-state index is 11.1. The number of nitrogens with zero attached hydrogens (tertiary/aromatic N) is 2. The summed E-state index contributed by atoms with van der Waals surface area (Å²) in [6.45, 7) is 2.38. The van der Waals surface area contributed by atoms with Gasteiger partial charge in [-0.05, 0) is 34.9 Å². The summed E-state index contributed by atoms with van der Waals surface area (Å²) >= 11 is 1.42. The van der Waals surface area contributed by atoms with Crippen LogP contribution in [0.25, 0.3) is 10.8 Å². The Morgan fingerprint density at radius 3 is 2.63 bits per heavy atom.